The molecule has 1 amide bonds. The number of nitrogen functional groups attached to an aromatic ring is 1. The molecule has 0 bridgehead atoms. The van der Waals surface area contributed by atoms with Crippen LogP contribution in [-0.2, 0) is 4.74 Å². The maximum Gasteiger partial charge on any atom is 0.410 e. The Morgan fingerprint density at radius 1 is 1.12 bits per heavy atom. The summed E-state index contributed by atoms with van der Waals surface area (Å²) in [6.07, 6.45) is 5.36. The Morgan fingerprint density at radius 3 is 2.48 bits per heavy atom. The molecule has 1 saturated carbocycles. The Hall–Kier alpha value is -3.12. The molecule has 10 nitrogen and oxygen atoms in total. The van der Waals surface area contributed by atoms with E-state index in [1.807, 2.05) is 39.0 Å². The number of carbonyl (C=O) groups excluding carboxylic acids is 1. The quantitative estimate of drug-likeness (QED) is 0.251. The Labute approximate surface area is 252 Å². The van der Waals surface area contributed by atoms with Crippen molar-refractivity contribution in [3.63, 3.8) is 0 Å². The van der Waals surface area contributed by atoms with Crippen molar-refractivity contribution in [2.24, 2.45) is 10.3 Å². The van der Waals surface area contributed by atoms with Gasteiger partial charge < -0.3 is 25.0 Å². The van der Waals surface area contributed by atoms with Crippen LogP contribution in [0.5, 0.6) is 5.75 Å². The minimum atomic E-state index is -0.477. The van der Waals surface area contributed by atoms with Gasteiger partial charge in [-0.2, -0.15) is 4.40 Å². The normalized spacial score (nSPS) is 20.0. The summed E-state index contributed by atoms with van der Waals surface area (Å²) < 4.78 is 29.2. The summed E-state index contributed by atoms with van der Waals surface area (Å²) >= 11 is -0.114. The van der Waals surface area contributed by atoms with E-state index in [0.717, 1.165) is 64.2 Å². The van der Waals surface area contributed by atoms with Crippen LogP contribution in [0.2, 0.25) is 0 Å². The van der Waals surface area contributed by atoms with E-state index in [1.54, 1.807) is 11.0 Å². The number of piperazine rings is 1. The van der Waals surface area contributed by atoms with Gasteiger partial charge in [-0.1, -0.05) is 0 Å². The predicted octanol–water partition coefficient (Wildman–Crippen LogP) is 5.13. The standard InChI is InChI=1S/C30H42FN7O3S/c1-29(2,3)41-28(39)38-15-13-36(14-16-38)19-21-7-11-37(12-8-21)26-18-25(33-20-34-26)27(35-42-31)23-17-22(5-6-24(23)32)40-30(4)9-10-30/h5-6,17-18,20-21H,7-16,19,32H2,1-4H3/b35-27-. The van der Waals surface area contributed by atoms with Gasteiger partial charge in [-0.3, -0.25) is 4.90 Å². The number of amides is 1. The molecule has 3 fully saturated rings. The summed E-state index contributed by atoms with van der Waals surface area (Å²) in [5.41, 5.74) is 7.60. The number of nitrogens with two attached hydrogens (primary N) is 1. The summed E-state index contributed by atoms with van der Waals surface area (Å²) in [7, 11) is 0. The number of aromatic nitrogens is 2. The zero-order valence-electron chi connectivity index (χ0n) is 25.0. The lowest BCUT2D eigenvalue weighted by Crippen LogP contribution is -2.51. The number of nitrogens with zero attached hydrogens (tertiary/aromatic N) is 6. The van der Waals surface area contributed by atoms with E-state index in [0.29, 0.717) is 47.4 Å². The number of benzene rings is 1. The van der Waals surface area contributed by atoms with Crippen LogP contribution >= 0.6 is 12.3 Å². The van der Waals surface area contributed by atoms with E-state index in [4.69, 9.17) is 15.2 Å². The Kier molecular flexibility index (Phi) is 9.12. The van der Waals surface area contributed by atoms with Gasteiger partial charge in [0.15, 0.2) is 12.3 Å². The Balaban J connectivity index is 1.18. The van der Waals surface area contributed by atoms with Gasteiger partial charge in [0.05, 0.1) is 5.69 Å². The van der Waals surface area contributed by atoms with Gasteiger partial charge in [0, 0.05) is 63.1 Å². The number of hydrogen-bond acceptors (Lipinski definition) is 10. The largest absolute Gasteiger partial charge is 0.488 e. The number of ether oxygens (including phenoxy) is 2. The van der Waals surface area contributed by atoms with E-state index >= 15 is 0 Å². The van der Waals surface area contributed by atoms with E-state index < -0.39 is 5.60 Å². The first-order chi connectivity index (χ1) is 20.0. The maximum absolute atomic E-state index is 13.5. The lowest BCUT2D eigenvalue weighted by atomic mass is 9.95. The lowest BCUT2D eigenvalue weighted by molar-refractivity contribution is 0.0130. The smallest absolute Gasteiger partial charge is 0.410 e. The van der Waals surface area contributed by atoms with Crippen molar-refractivity contribution < 1.29 is 18.2 Å². The second-order valence-corrected chi connectivity index (χ2v) is 13.1. The van der Waals surface area contributed by atoms with Crippen LogP contribution in [0.25, 0.3) is 0 Å². The third-order valence-electron chi connectivity index (χ3n) is 8.10. The second-order valence-electron chi connectivity index (χ2n) is 12.8. The molecule has 2 aliphatic heterocycles. The van der Waals surface area contributed by atoms with Crippen molar-refractivity contribution in [2.45, 2.75) is 64.6 Å². The van der Waals surface area contributed by atoms with Gasteiger partial charge in [0.1, 0.15) is 34.8 Å². The molecule has 2 aromatic rings. The third kappa shape index (κ3) is 7.83. The van der Waals surface area contributed by atoms with Crippen molar-refractivity contribution in [2.75, 3.05) is 56.4 Å². The zero-order chi connectivity index (χ0) is 29.9. The molecule has 5 rings (SSSR count). The minimum absolute atomic E-state index is 0.114. The number of hydrogen-bond donors (Lipinski definition) is 1. The van der Waals surface area contributed by atoms with E-state index in [-0.39, 0.29) is 24.0 Å². The van der Waals surface area contributed by atoms with Crippen molar-refractivity contribution in [3.8, 4) is 5.75 Å². The SMILES string of the molecule is CC(C)(C)OC(=O)N1CCN(CC2CCN(c3cc(/C(=N\SF)c4cc(OC5(C)CC5)ccc4N)ncn3)CC2)CC1. The average Bonchev–Trinajstić information content (AvgIpc) is 3.69. The number of piperidine rings is 1. The molecule has 1 aliphatic carbocycles. The fourth-order valence-corrected chi connectivity index (χ4v) is 5.69. The zero-order valence-corrected chi connectivity index (χ0v) is 25.8. The summed E-state index contributed by atoms with van der Waals surface area (Å²) in [5.74, 6) is 2.04. The van der Waals surface area contributed by atoms with E-state index in [9.17, 15) is 8.68 Å². The maximum atomic E-state index is 13.5. The first kappa shape index (κ1) is 30.3. The number of rotatable bonds is 8. The summed E-state index contributed by atoms with van der Waals surface area (Å²) in [6, 6.07) is 7.27. The predicted molar refractivity (Wildman–Crippen MR) is 165 cm³/mol. The van der Waals surface area contributed by atoms with Gasteiger partial charge in [0.2, 0.25) is 0 Å². The fraction of sp³-hybridized carbons (Fsp3) is 0.600. The molecule has 1 aromatic heterocycles. The lowest BCUT2D eigenvalue weighted by Gasteiger charge is -2.39. The van der Waals surface area contributed by atoms with Crippen LogP contribution in [-0.4, -0.2) is 88.6 Å². The van der Waals surface area contributed by atoms with Crippen molar-refractivity contribution in [1.82, 2.24) is 19.8 Å². The molecule has 0 atom stereocenters. The highest BCUT2D eigenvalue weighted by molar-refractivity contribution is 7.93. The van der Waals surface area contributed by atoms with E-state index in [2.05, 4.69) is 31.1 Å². The summed E-state index contributed by atoms with van der Waals surface area (Å²) in [5, 5.41) is 0. The molecule has 0 radical (unpaired) electrons. The number of halogens is 1. The average molecular weight is 600 g/mol. The molecule has 0 spiro atoms. The summed E-state index contributed by atoms with van der Waals surface area (Å²) in [6.45, 7) is 13.6. The van der Waals surface area contributed by atoms with Crippen LogP contribution in [0.3, 0.4) is 0 Å². The van der Waals surface area contributed by atoms with Gasteiger partial charge in [-0.05, 0) is 77.5 Å². The molecule has 3 heterocycles. The molecular weight excluding hydrogens is 557 g/mol. The number of anilines is 2. The highest BCUT2D eigenvalue weighted by Crippen LogP contribution is 2.40. The fourth-order valence-electron chi connectivity index (χ4n) is 5.43. The van der Waals surface area contributed by atoms with Crippen molar-refractivity contribution in [3.05, 3.63) is 41.9 Å². The molecule has 2 saturated heterocycles. The van der Waals surface area contributed by atoms with E-state index in [1.165, 1.54) is 6.33 Å². The summed E-state index contributed by atoms with van der Waals surface area (Å²) in [4.78, 5) is 27.8. The van der Waals surface area contributed by atoms with Crippen LogP contribution < -0.4 is 15.4 Å². The monoisotopic (exact) mass is 599 g/mol. The van der Waals surface area contributed by atoms with Crippen LogP contribution in [0.4, 0.5) is 20.2 Å². The molecule has 2 N–H and O–H groups in total. The molecule has 3 aliphatic rings. The Morgan fingerprint density at radius 2 is 1.83 bits per heavy atom. The first-order valence-corrected chi connectivity index (χ1v) is 15.4. The van der Waals surface area contributed by atoms with Gasteiger partial charge in [-0.25, -0.2) is 14.8 Å². The first-order valence-electron chi connectivity index (χ1n) is 14.7. The second kappa shape index (κ2) is 12.6. The third-order valence-corrected chi connectivity index (χ3v) is 8.35. The molecule has 42 heavy (non-hydrogen) atoms. The van der Waals surface area contributed by atoms with Crippen LogP contribution in [0, 0.1) is 5.92 Å². The Bertz CT molecular complexity index is 1280. The highest BCUT2D eigenvalue weighted by atomic mass is 32.2. The van der Waals surface area contributed by atoms with Gasteiger partial charge >= 0.3 is 6.09 Å². The van der Waals surface area contributed by atoms with Gasteiger partial charge in [0.25, 0.3) is 0 Å². The molecule has 0 unspecified atom stereocenters. The highest BCUT2D eigenvalue weighted by Gasteiger charge is 2.40. The van der Waals surface area contributed by atoms with Crippen molar-refractivity contribution >= 4 is 35.6 Å². The van der Waals surface area contributed by atoms with Crippen LogP contribution in [0.15, 0.2) is 35.0 Å². The molecule has 228 valence electrons. The molecule has 1 aromatic carbocycles. The van der Waals surface area contributed by atoms with Crippen molar-refractivity contribution in [1.29, 1.82) is 0 Å². The topological polar surface area (TPSA) is 109 Å². The minimum Gasteiger partial charge on any atom is -0.488 e. The van der Waals surface area contributed by atoms with Crippen LogP contribution in [0.1, 0.15) is 64.6 Å². The molecule has 12 heteroatoms. The molecular formula is C30H42FN7O3S. The number of carbonyl (C=O) groups is 1. The van der Waals surface area contributed by atoms with Gasteiger partial charge in [-0.15, -0.1) is 3.89 Å².